The molecule has 2 atom stereocenters. The smallest absolute Gasteiger partial charge is 0.319 e. The third-order valence-electron chi connectivity index (χ3n) is 3.77. The molecule has 1 saturated heterocycles. The van der Waals surface area contributed by atoms with Crippen molar-refractivity contribution in [2.75, 3.05) is 26.7 Å². The summed E-state index contributed by atoms with van der Waals surface area (Å²) in [5.41, 5.74) is 4.01. The molecule has 114 valence electrons. The van der Waals surface area contributed by atoms with Crippen LogP contribution in [0.5, 0.6) is 0 Å². The number of nitrogens with zero attached hydrogens (tertiary/aromatic N) is 3. The zero-order valence-corrected chi connectivity index (χ0v) is 11.9. The van der Waals surface area contributed by atoms with Gasteiger partial charge in [-0.25, -0.2) is 10.3 Å². The van der Waals surface area contributed by atoms with Crippen molar-refractivity contribution in [1.82, 2.24) is 30.8 Å². The lowest BCUT2D eigenvalue weighted by atomic mass is 9.98. The van der Waals surface area contributed by atoms with Gasteiger partial charge in [0.05, 0.1) is 24.5 Å². The Labute approximate surface area is 121 Å². The maximum Gasteiger partial charge on any atom is 0.319 e. The van der Waals surface area contributed by atoms with E-state index < -0.39 is 6.04 Å². The van der Waals surface area contributed by atoms with Gasteiger partial charge < -0.3 is 15.5 Å². The van der Waals surface area contributed by atoms with Crippen LogP contribution in [-0.4, -0.2) is 53.4 Å². The van der Waals surface area contributed by atoms with Gasteiger partial charge in [-0.2, -0.15) is 5.10 Å². The van der Waals surface area contributed by atoms with Gasteiger partial charge in [0.15, 0.2) is 6.04 Å². The predicted octanol–water partition coefficient (Wildman–Crippen LogP) is -1.19. The molecule has 0 saturated carbocycles. The molecular formula is C12H18N6O3. The molecule has 3 N–H and O–H groups in total. The van der Waals surface area contributed by atoms with Crippen LogP contribution in [0.4, 0.5) is 4.79 Å². The topological polar surface area (TPSA) is 101 Å². The molecule has 2 bridgehead atoms. The Hall–Kier alpha value is -2.13. The van der Waals surface area contributed by atoms with Crippen LogP contribution < -0.4 is 16.1 Å². The van der Waals surface area contributed by atoms with Crippen LogP contribution in [0, 0.1) is 0 Å². The molecule has 0 spiro atoms. The predicted molar refractivity (Wildman–Crippen MR) is 71.9 cm³/mol. The first-order chi connectivity index (χ1) is 10.1. The normalized spacial score (nSPS) is 23.0. The van der Waals surface area contributed by atoms with E-state index in [2.05, 4.69) is 21.2 Å². The minimum Gasteiger partial charge on any atom is -0.329 e. The van der Waals surface area contributed by atoms with Crippen molar-refractivity contribution in [3.63, 3.8) is 0 Å². The highest BCUT2D eigenvalue weighted by molar-refractivity contribution is 5.90. The number of carbonyl (C=O) groups is 2. The number of hydroxylamine groups is 1. The largest absolute Gasteiger partial charge is 0.329 e. The molecule has 3 rings (SSSR count). The Morgan fingerprint density at radius 2 is 2.43 bits per heavy atom. The van der Waals surface area contributed by atoms with Gasteiger partial charge in [-0.1, -0.05) is 0 Å². The summed E-state index contributed by atoms with van der Waals surface area (Å²) in [5.74, 6) is -0.369. The Morgan fingerprint density at radius 3 is 3.19 bits per heavy atom. The molecule has 0 radical (unpaired) electrons. The highest BCUT2D eigenvalue weighted by Crippen LogP contribution is 2.38. The third kappa shape index (κ3) is 2.24. The fourth-order valence-electron chi connectivity index (χ4n) is 2.77. The van der Waals surface area contributed by atoms with Crippen molar-refractivity contribution in [2.45, 2.75) is 12.1 Å². The van der Waals surface area contributed by atoms with E-state index in [0.717, 1.165) is 11.3 Å². The summed E-state index contributed by atoms with van der Waals surface area (Å²) in [7, 11) is 3.56. The first-order valence-electron chi connectivity index (χ1n) is 6.78. The second-order valence-corrected chi connectivity index (χ2v) is 5.08. The number of amides is 3. The van der Waals surface area contributed by atoms with E-state index in [1.807, 2.05) is 0 Å². The molecule has 3 heterocycles. The maximum absolute atomic E-state index is 12.4. The summed E-state index contributed by atoms with van der Waals surface area (Å²) >= 11 is 0. The summed E-state index contributed by atoms with van der Waals surface area (Å²) < 4.78 is 1.63. The van der Waals surface area contributed by atoms with Gasteiger partial charge in [0.1, 0.15) is 0 Å². The Kier molecular flexibility index (Phi) is 3.52. The summed E-state index contributed by atoms with van der Waals surface area (Å²) in [6.07, 6.45) is 1.70. The summed E-state index contributed by atoms with van der Waals surface area (Å²) in [4.78, 5) is 31.0. The molecular weight excluding hydrogens is 276 g/mol. The highest BCUT2D eigenvalue weighted by atomic mass is 16.7. The van der Waals surface area contributed by atoms with Gasteiger partial charge in [0.25, 0.3) is 5.91 Å². The monoisotopic (exact) mass is 294 g/mol. The van der Waals surface area contributed by atoms with Crippen molar-refractivity contribution in [2.24, 2.45) is 7.05 Å². The van der Waals surface area contributed by atoms with E-state index in [9.17, 15) is 9.59 Å². The maximum atomic E-state index is 12.4. The lowest BCUT2D eigenvalue weighted by Crippen LogP contribution is -2.44. The number of fused-ring (bicyclic) bond motifs is 4. The molecule has 3 amide bonds. The van der Waals surface area contributed by atoms with Crippen LogP contribution >= 0.6 is 0 Å². The number of urea groups is 1. The lowest BCUT2D eigenvalue weighted by Gasteiger charge is -2.30. The second kappa shape index (κ2) is 5.34. The van der Waals surface area contributed by atoms with Gasteiger partial charge in [-0.3, -0.25) is 14.3 Å². The number of nitrogens with one attached hydrogen (secondary N) is 3. The Bertz CT molecular complexity index is 571. The average molecular weight is 294 g/mol. The number of hydrogen-bond acceptors (Lipinski definition) is 5. The molecule has 2 unspecified atom stereocenters. The molecule has 1 aromatic rings. The molecule has 2 aliphatic heterocycles. The molecule has 0 aromatic carbocycles. The highest BCUT2D eigenvalue weighted by Gasteiger charge is 2.47. The summed E-state index contributed by atoms with van der Waals surface area (Å²) in [5, 5.41) is 9.95. The summed E-state index contributed by atoms with van der Waals surface area (Å²) in [6, 6.07) is -1.07. The van der Waals surface area contributed by atoms with Gasteiger partial charge in [-0.05, 0) is 7.05 Å². The first-order valence-corrected chi connectivity index (χ1v) is 6.78. The minimum absolute atomic E-state index is 0.101. The van der Waals surface area contributed by atoms with Crippen LogP contribution in [0.3, 0.4) is 0 Å². The van der Waals surface area contributed by atoms with Crippen molar-refractivity contribution in [3.05, 3.63) is 17.5 Å². The van der Waals surface area contributed by atoms with Gasteiger partial charge >= 0.3 is 6.03 Å². The van der Waals surface area contributed by atoms with E-state index in [4.69, 9.17) is 4.84 Å². The number of aryl methyl sites for hydroxylation is 1. The molecule has 9 heteroatoms. The van der Waals surface area contributed by atoms with Crippen LogP contribution in [0.2, 0.25) is 0 Å². The Balaban J connectivity index is 1.81. The van der Waals surface area contributed by atoms with E-state index >= 15 is 0 Å². The molecule has 21 heavy (non-hydrogen) atoms. The Morgan fingerprint density at radius 1 is 1.62 bits per heavy atom. The second-order valence-electron chi connectivity index (χ2n) is 5.08. The fraction of sp³-hybridized carbons (Fsp3) is 0.583. The lowest BCUT2D eigenvalue weighted by molar-refractivity contribution is -0.138. The third-order valence-corrected chi connectivity index (χ3v) is 3.77. The van der Waals surface area contributed by atoms with E-state index in [1.165, 1.54) is 4.90 Å². The van der Waals surface area contributed by atoms with Crippen LogP contribution in [0.15, 0.2) is 6.20 Å². The van der Waals surface area contributed by atoms with Gasteiger partial charge in [-0.15, -0.1) is 0 Å². The number of likely N-dealkylation sites (N-methyl/N-ethyl adjacent to an activating group) is 1. The number of aromatic nitrogens is 2. The van der Waals surface area contributed by atoms with E-state index in [-0.39, 0.29) is 18.0 Å². The van der Waals surface area contributed by atoms with Crippen molar-refractivity contribution in [1.29, 1.82) is 0 Å². The molecule has 9 nitrogen and oxygen atoms in total. The van der Waals surface area contributed by atoms with Crippen LogP contribution in [-0.2, 0) is 16.7 Å². The van der Waals surface area contributed by atoms with Crippen molar-refractivity contribution < 1.29 is 14.4 Å². The zero-order valence-electron chi connectivity index (χ0n) is 11.9. The van der Waals surface area contributed by atoms with Gasteiger partial charge in [0.2, 0.25) is 0 Å². The van der Waals surface area contributed by atoms with Crippen molar-refractivity contribution in [3.8, 4) is 0 Å². The van der Waals surface area contributed by atoms with Gasteiger partial charge in [0, 0.05) is 25.7 Å². The zero-order chi connectivity index (χ0) is 15.0. The first kappa shape index (κ1) is 13.8. The average Bonchev–Trinajstić information content (AvgIpc) is 2.99. The number of rotatable bonds is 5. The molecule has 0 aliphatic carbocycles. The molecule has 1 fully saturated rings. The minimum atomic E-state index is -0.721. The van der Waals surface area contributed by atoms with E-state index in [0.29, 0.717) is 19.7 Å². The fourth-order valence-corrected chi connectivity index (χ4v) is 2.77. The van der Waals surface area contributed by atoms with Crippen LogP contribution in [0.25, 0.3) is 0 Å². The number of hydrogen-bond donors (Lipinski definition) is 3. The number of carbonyl (C=O) groups excluding carboxylic acids is 2. The summed E-state index contributed by atoms with van der Waals surface area (Å²) in [6.45, 7) is 1.43. The molecule has 2 aliphatic rings. The van der Waals surface area contributed by atoms with Crippen LogP contribution in [0.1, 0.15) is 23.3 Å². The van der Waals surface area contributed by atoms with E-state index in [1.54, 1.807) is 25.0 Å². The molecule has 1 aromatic heterocycles. The quantitative estimate of drug-likeness (QED) is 0.468. The SMILES string of the molecule is CNCCONC(=O)C1c2c(cnn2C)C2CN1C(=O)N2. The standard InChI is InChI=1S/C12H18N6O3/c1-13-3-4-21-16-11(19)10-9-7(5-14-17(9)2)8-6-18(10)12(20)15-8/h5,8,10,13H,3-4,6H2,1-2H3,(H,15,20)(H,16,19). The van der Waals surface area contributed by atoms with Crippen molar-refractivity contribution >= 4 is 11.9 Å².